The molecule has 0 aromatic carbocycles. The number of rotatable bonds is 4. The summed E-state index contributed by atoms with van der Waals surface area (Å²) in [5, 5.41) is 0. The van der Waals surface area contributed by atoms with E-state index in [4.69, 9.17) is 4.74 Å². The Morgan fingerprint density at radius 1 is 1.42 bits per heavy atom. The lowest BCUT2D eigenvalue weighted by molar-refractivity contribution is -0.148. The molecule has 0 amide bonds. The third-order valence-corrected chi connectivity index (χ3v) is 5.06. The predicted octanol–water partition coefficient (Wildman–Crippen LogP) is 4.49. The third kappa shape index (κ3) is 4.09. The molecule has 0 heterocycles. The Morgan fingerprint density at radius 2 is 2.21 bits per heavy atom. The molecule has 2 rings (SSSR count). The number of esters is 1. The maximum Gasteiger partial charge on any atom is 0.302 e. The van der Waals surface area contributed by atoms with Crippen LogP contribution in [-0.4, -0.2) is 12.1 Å². The van der Waals surface area contributed by atoms with Crippen molar-refractivity contribution in [2.45, 2.75) is 71.8 Å². The van der Waals surface area contributed by atoms with Gasteiger partial charge in [-0.15, -0.1) is 0 Å². The third-order valence-electron chi connectivity index (χ3n) is 5.06. The van der Waals surface area contributed by atoms with Gasteiger partial charge < -0.3 is 4.74 Å². The summed E-state index contributed by atoms with van der Waals surface area (Å²) in [5.74, 6) is 2.08. The predicted molar refractivity (Wildman–Crippen MR) is 77.8 cm³/mol. The summed E-state index contributed by atoms with van der Waals surface area (Å²) in [7, 11) is 0. The Morgan fingerprint density at radius 3 is 2.84 bits per heavy atom. The lowest BCUT2D eigenvalue weighted by atomic mass is 9.77. The molecule has 2 aliphatic rings. The molecule has 0 unspecified atom stereocenters. The molecular formula is C17H28O2. The van der Waals surface area contributed by atoms with E-state index >= 15 is 0 Å². The van der Waals surface area contributed by atoms with Crippen molar-refractivity contribution in [1.82, 2.24) is 0 Å². The normalized spacial score (nSPS) is 32.8. The quantitative estimate of drug-likeness (QED) is 0.552. The van der Waals surface area contributed by atoms with E-state index in [0.29, 0.717) is 5.92 Å². The zero-order chi connectivity index (χ0) is 13.8. The molecule has 0 bridgehead atoms. The van der Waals surface area contributed by atoms with Gasteiger partial charge in [0.1, 0.15) is 6.10 Å². The second-order valence-electron chi connectivity index (χ2n) is 6.64. The molecule has 0 aromatic rings. The number of carbonyl (C=O) groups is 1. The number of hydrogen-bond acceptors (Lipinski definition) is 2. The fourth-order valence-electron chi connectivity index (χ4n) is 3.81. The molecule has 0 radical (unpaired) electrons. The summed E-state index contributed by atoms with van der Waals surface area (Å²) in [6.45, 7) is 6.17. The SMILES string of the molecule is CC(=O)O[C@H]1CCC[C@H]1C[C@@H](C)[C@H]1CC=C(C)CC1. The van der Waals surface area contributed by atoms with Crippen LogP contribution in [0.5, 0.6) is 0 Å². The van der Waals surface area contributed by atoms with Gasteiger partial charge in [0.05, 0.1) is 0 Å². The zero-order valence-electron chi connectivity index (χ0n) is 12.7. The summed E-state index contributed by atoms with van der Waals surface area (Å²) >= 11 is 0. The minimum absolute atomic E-state index is 0.110. The molecule has 0 saturated heterocycles. The molecule has 0 aliphatic heterocycles. The van der Waals surface area contributed by atoms with Crippen LogP contribution in [-0.2, 0) is 9.53 Å². The van der Waals surface area contributed by atoms with E-state index in [1.54, 1.807) is 5.57 Å². The van der Waals surface area contributed by atoms with Gasteiger partial charge in [-0.2, -0.15) is 0 Å². The van der Waals surface area contributed by atoms with Crippen LogP contribution in [0.4, 0.5) is 0 Å². The fraction of sp³-hybridized carbons (Fsp3) is 0.824. The van der Waals surface area contributed by atoms with Crippen molar-refractivity contribution in [3.05, 3.63) is 11.6 Å². The van der Waals surface area contributed by atoms with Gasteiger partial charge in [0.25, 0.3) is 0 Å². The van der Waals surface area contributed by atoms with Crippen molar-refractivity contribution in [3.63, 3.8) is 0 Å². The molecule has 0 spiro atoms. The fourth-order valence-corrected chi connectivity index (χ4v) is 3.81. The molecule has 4 atom stereocenters. The van der Waals surface area contributed by atoms with E-state index in [0.717, 1.165) is 18.3 Å². The first-order valence-corrected chi connectivity index (χ1v) is 7.89. The molecule has 2 aliphatic carbocycles. The van der Waals surface area contributed by atoms with Crippen molar-refractivity contribution >= 4 is 5.97 Å². The van der Waals surface area contributed by atoms with Crippen molar-refractivity contribution in [2.24, 2.45) is 17.8 Å². The maximum atomic E-state index is 11.1. The Hall–Kier alpha value is -0.790. The standard InChI is InChI=1S/C17H28O2/c1-12-7-9-15(10-8-12)13(2)11-16-5-4-6-17(16)19-14(3)18/h7,13,15-17H,4-6,8-11H2,1-3H3/t13-,15+,16+,17+/m1/s1. The van der Waals surface area contributed by atoms with Crippen LogP contribution in [0.1, 0.15) is 65.7 Å². The lowest BCUT2D eigenvalue weighted by Crippen LogP contribution is -2.25. The first kappa shape index (κ1) is 14.6. The average Bonchev–Trinajstić information content (AvgIpc) is 2.76. The second kappa shape index (κ2) is 6.58. The van der Waals surface area contributed by atoms with Crippen LogP contribution in [0.3, 0.4) is 0 Å². The monoisotopic (exact) mass is 264 g/mol. The summed E-state index contributed by atoms with van der Waals surface area (Å²) in [4.78, 5) is 11.1. The van der Waals surface area contributed by atoms with Gasteiger partial charge in [0.15, 0.2) is 0 Å². The molecule has 108 valence electrons. The van der Waals surface area contributed by atoms with Gasteiger partial charge in [0, 0.05) is 6.92 Å². The van der Waals surface area contributed by atoms with Gasteiger partial charge >= 0.3 is 5.97 Å². The lowest BCUT2D eigenvalue weighted by Gasteiger charge is -2.30. The van der Waals surface area contributed by atoms with E-state index in [-0.39, 0.29) is 12.1 Å². The van der Waals surface area contributed by atoms with Gasteiger partial charge in [0.2, 0.25) is 0 Å². The van der Waals surface area contributed by atoms with E-state index in [1.165, 1.54) is 45.4 Å². The molecule has 0 N–H and O–H groups in total. The number of hydrogen-bond donors (Lipinski definition) is 0. The van der Waals surface area contributed by atoms with Crippen molar-refractivity contribution in [2.75, 3.05) is 0 Å². The number of carbonyl (C=O) groups excluding carboxylic acids is 1. The molecule has 1 saturated carbocycles. The summed E-state index contributed by atoms with van der Waals surface area (Å²) in [5.41, 5.74) is 1.56. The smallest absolute Gasteiger partial charge is 0.302 e. The molecule has 2 nitrogen and oxygen atoms in total. The van der Waals surface area contributed by atoms with E-state index in [9.17, 15) is 4.79 Å². The van der Waals surface area contributed by atoms with Crippen LogP contribution in [0.25, 0.3) is 0 Å². The molecule has 1 fully saturated rings. The van der Waals surface area contributed by atoms with Crippen molar-refractivity contribution in [1.29, 1.82) is 0 Å². The Labute approximate surface area is 117 Å². The van der Waals surface area contributed by atoms with E-state index in [2.05, 4.69) is 19.9 Å². The molecule has 19 heavy (non-hydrogen) atoms. The van der Waals surface area contributed by atoms with Crippen LogP contribution < -0.4 is 0 Å². The molecule has 2 heteroatoms. The zero-order valence-corrected chi connectivity index (χ0v) is 12.7. The van der Waals surface area contributed by atoms with Crippen LogP contribution in [0.2, 0.25) is 0 Å². The number of ether oxygens (including phenoxy) is 1. The highest BCUT2D eigenvalue weighted by atomic mass is 16.5. The highest BCUT2D eigenvalue weighted by Gasteiger charge is 2.32. The average molecular weight is 264 g/mol. The van der Waals surface area contributed by atoms with Crippen LogP contribution in [0, 0.1) is 17.8 Å². The first-order valence-electron chi connectivity index (χ1n) is 7.89. The summed E-state index contributed by atoms with van der Waals surface area (Å²) in [6, 6.07) is 0. The van der Waals surface area contributed by atoms with Crippen molar-refractivity contribution in [3.8, 4) is 0 Å². The maximum absolute atomic E-state index is 11.1. The van der Waals surface area contributed by atoms with Crippen molar-refractivity contribution < 1.29 is 9.53 Å². The highest BCUT2D eigenvalue weighted by Crippen LogP contribution is 2.38. The van der Waals surface area contributed by atoms with Gasteiger partial charge in [-0.25, -0.2) is 0 Å². The van der Waals surface area contributed by atoms with Crippen LogP contribution in [0.15, 0.2) is 11.6 Å². The second-order valence-corrected chi connectivity index (χ2v) is 6.64. The molecule has 0 aromatic heterocycles. The summed E-state index contributed by atoms with van der Waals surface area (Å²) < 4.78 is 5.48. The van der Waals surface area contributed by atoms with E-state index in [1.807, 2.05) is 0 Å². The first-order chi connectivity index (χ1) is 9.06. The van der Waals surface area contributed by atoms with Crippen LogP contribution >= 0.6 is 0 Å². The summed E-state index contributed by atoms with van der Waals surface area (Å²) in [6.07, 6.45) is 11.2. The largest absolute Gasteiger partial charge is 0.462 e. The minimum Gasteiger partial charge on any atom is -0.462 e. The highest BCUT2D eigenvalue weighted by molar-refractivity contribution is 5.66. The topological polar surface area (TPSA) is 26.3 Å². The Kier molecular flexibility index (Phi) is 5.06. The Bertz CT molecular complexity index is 345. The van der Waals surface area contributed by atoms with Gasteiger partial charge in [-0.1, -0.05) is 18.6 Å². The van der Waals surface area contributed by atoms with E-state index < -0.39 is 0 Å². The number of allylic oxidation sites excluding steroid dienone is 2. The molecular weight excluding hydrogens is 236 g/mol. The minimum atomic E-state index is -0.110. The Balaban J connectivity index is 1.84. The van der Waals surface area contributed by atoms with Gasteiger partial charge in [-0.05, 0) is 69.6 Å². The van der Waals surface area contributed by atoms with Gasteiger partial charge in [-0.3, -0.25) is 4.79 Å².